The maximum atomic E-state index is 9.47. The van der Waals surface area contributed by atoms with Crippen molar-refractivity contribution >= 4 is 27.6 Å². The monoisotopic (exact) mass is 432 g/mol. The van der Waals surface area contributed by atoms with Crippen molar-refractivity contribution in [3.8, 4) is 11.6 Å². The maximum Gasteiger partial charge on any atom is 0.139 e. The summed E-state index contributed by atoms with van der Waals surface area (Å²) in [5.41, 5.74) is 3.99. The number of rotatable bonds is 7. The Kier molecular flexibility index (Phi) is 5.92. The molecule has 0 unspecified atom stereocenters. The summed E-state index contributed by atoms with van der Waals surface area (Å²) < 4.78 is 12.8. The van der Waals surface area contributed by atoms with E-state index in [2.05, 4.69) is 34.1 Å². The van der Waals surface area contributed by atoms with E-state index in [1.807, 2.05) is 35.2 Å². The molecule has 1 aliphatic heterocycles. The zero-order chi connectivity index (χ0) is 21.9. The minimum absolute atomic E-state index is 0.276. The number of ether oxygens (including phenoxy) is 2. The molecule has 5 rings (SSSR count). The lowest BCUT2D eigenvalue weighted by Gasteiger charge is -2.33. The van der Waals surface area contributed by atoms with Crippen molar-refractivity contribution < 1.29 is 14.6 Å². The minimum Gasteiger partial charge on any atom is -0.491 e. The van der Waals surface area contributed by atoms with Gasteiger partial charge in [-0.15, -0.1) is 0 Å². The van der Waals surface area contributed by atoms with Crippen LogP contribution in [-0.2, 0) is 4.74 Å². The van der Waals surface area contributed by atoms with E-state index in [4.69, 9.17) is 14.5 Å². The number of para-hydroxylation sites is 1. The van der Waals surface area contributed by atoms with Crippen LogP contribution >= 0.6 is 0 Å². The van der Waals surface area contributed by atoms with Crippen molar-refractivity contribution in [2.45, 2.75) is 12.8 Å². The number of nitrogens with zero attached hydrogens (tertiary/aromatic N) is 4. The highest BCUT2D eigenvalue weighted by molar-refractivity contribution is 5.92. The van der Waals surface area contributed by atoms with Crippen LogP contribution in [-0.4, -0.2) is 59.7 Å². The smallest absolute Gasteiger partial charge is 0.139 e. The molecular formula is C25H28N4O3. The lowest BCUT2D eigenvalue weighted by molar-refractivity contribution is 0.146. The van der Waals surface area contributed by atoms with Gasteiger partial charge >= 0.3 is 0 Å². The summed E-state index contributed by atoms with van der Waals surface area (Å²) in [4.78, 5) is 12.0. The van der Waals surface area contributed by atoms with Crippen molar-refractivity contribution in [3.63, 3.8) is 0 Å². The average molecular weight is 433 g/mol. The highest BCUT2D eigenvalue weighted by atomic mass is 16.5. The van der Waals surface area contributed by atoms with Gasteiger partial charge in [0.15, 0.2) is 0 Å². The second-order valence-corrected chi connectivity index (χ2v) is 8.24. The first kappa shape index (κ1) is 20.7. The molecule has 166 valence electrons. The Labute approximate surface area is 187 Å². The van der Waals surface area contributed by atoms with Crippen molar-refractivity contribution in [3.05, 3.63) is 54.9 Å². The highest BCUT2D eigenvalue weighted by Gasteiger charge is 2.20. The van der Waals surface area contributed by atoms with E-state index in [0.29, 0.717) is 19.1 Å². The van der Waals surface area contributed by atoms with Gasteiger partial charge in [0, 0.05) is 38.3 Å². The average Bonchev–Trinajstić information content (AvgIpc) is 3.27. The number of imidazole rings is 1. The molecule has 0 aliphatic carbocycles. The summed E-state index contributed by atoms with van der Waals surface area (Å²) >= 11 is 0. The Morgan fingerprint density at radius 1 is 1.06 bits per heavy atom. The third kappa shape index (κ3) is 4.01. The zero-order valence-corrected chi connectivity index (χ0v) is 18.3. The standard InChI is InChI=1S/C25H28N4O3/c1-31-13-14-32-20-6-7-22-21(15-20)26-17-29(22)24-8-5-19-3-2-4-23(25(19)27-24)28-11-9-18(16-30)10-12-28/h2-8,15,17-18,30H,9-14,16H2,1H3. The summed E-state index contributed by atoms with van der Waals surface area (Å²) in [5.74, 6) is 2.02. The van der Waals surface area contributed by atoms with Crippen molar-refractivity contribution in [1.29, 1.82) is 0 Å². The molecule has 0 spiro atoms. The first-order chi connectivity index (χ1) is 15.8. The third-order valence-electron chi connectivity index (χ3n) is 6.22. The lowest BCUT2D eigenvalue weighted by Crippen LogP contribution is -2.34. The van der Waals surface area contributed by atoms with Gasteiger partial charge < -0.3 is 19.5 Å². The van der Waals surface area contributed by atoms with Crippen LogP contribution in [0.5, 0.6) is 5.75 Å². The fourth-order valence-corrected chi connectivity index (χ4v) is 4.37. The number of piperidine rings is 1. The van der Waals surface area contributed by atoms with Gasteiger partial charge in [0.25, 0.3) is 0 Å². The van der Waals surface area contributed by atoms with Crippen LogP contribution in [0.25, 0.3) is 27.8 Å². The molecule has 0 saturated carbocycles. The van der Waals surface area contributed by atoms with Crippen LogP contribution in [0.2, 0.25) is 0 Å². The van der Waals surface area contributed by atoms with E-state index in [-0.39, 0.29) is 6.61 Å². The Hall–Kier alpha value is -3.16. The van der Waals surface area contributed by atoms with Gasteiger partial charge in [0.1, 0.15) is 24.5 Å². The summed E-state index contributed by atoms with van der Waals surface area (Å²) in [6, 6.07) is 16.4. The van der Waals surface area contributed by atoms with Crippen LogP contribution in [0.4, 0.5) is 5.69 Å². The molecule has 1 aliphatic rings. The van der Waals surface area contributed by atoms with Gasteiger partial charge in [-0.25, -0.2) is 9.97 Å². The van der Waals surface area contributed by atoms with Crippen molar-refractivity contribution in [2.24, 2.45) is 5.92 Å². The molecule has 0 amide bonds. The molecule has 0 radical (unpaired) electrons. The van der Waals surface area contributed by atoms with Crippen molar-refractivity contribution in [2.75, 3.05) is 44.9 Å². The summed E-state index contributed by atoms with van der Waals surface area (Å²) in [6.45, 7) is 3.21. The fourth-order valence-electron chi connectivity index (χ4n) is 4.37. The van der Waals surface area contributed by atoms with E-state index >= 15 is 0 Å². The number of hydrogen-bond donors (Lipinski definition) is 1. The molecule has 2 aromatic heterocycles. The number of fused-ring (bicyclic) bond motifs is 2. The van der Waals surface area contributed by atoms with E-state index in [1.54, 1.807) is 7.11 Å². The maximum absolute atomic E-state index is 9.47. The minimum atomic E-state index is 0.276. The predicted octanol–water partition coefficient (Wildman–Crippen LogP) is 3.81. The molecule has 0 bridgehead atoms. The summed E-state index contributed by atoms with van der Waals surface area (Å²) in [7, 11) is 1.66. The highest BCUT2D eigenvalue weighted by Crippen LogP contribution is 2.30. The molecule has 1 N–H and O–H groups in total. The van der Waals surface area contributed by atoms with Gasteiger partial charge in [0.2, 0.25) is 0 Å². The van der Waals surface area contributed by atoms with E-state index in [9.17, 15) is 5.11 Å². The zero-order valence-electron chi connectivity index (χ0n) is 18.3. The number of benzene rings is 2. The molecule has 3 heterocycles. The van der Waals surface area contributed by atoms with Gasteiger partial charge in [-0.05, 0) is 49.1 Å². The third-order valence-corrected chi connectivity index (χ3v) is 6.22. The molecular weight excluding hydrogens is 404 g/mol. The van der Waals surface area contributed by atoms with Crippen LogP contribution in [0.3, 0.4) is 0 Å². The van der Waals surface area contributed by atoms with Gasteiger partial charge in [0.05, 0.1) is 28.8 Å². The van der Waals surface area contributed by atoms with Gasteiger partial charge in [-0.3, -0.25) is 4.57 Å². The van der Waals surface area contributed by atoms with Gasteiger partial charge in [-0.2, -0.15) is 0 Å². The molecule has 2 aromatic carbocycles. The Morgan fingerprint density at radius 2 is 1.94 bits per heavy atom. The number of pyridine rings is 1. The Morgan fingerprint density at radius 3 is 2.75 bits per heavy atom. The molecule has 4 aromatic rings. The summed E-state index contributed by atoms with van der Waals surface area (Å²) in [5, 5.41) is 10.6. The first-order valence-electron chi connectivity index (χ1n) is 11.1. The van der Waals surface area contributed by atoms with E-state index in [1.165, 1.54) is 0 Å². The summed E-state index contributed by atoms with van der Waals surface area (Å²) in [6.07, 6.45) is 3.83. The molecule has 7 nitrogen and oxygen atoms in total. The predicted molar refractivity (Wildman–Crippen MR) is 126 cm³/mol. The number of hydrogen-bond acceptors (Lipinski definition) is 6. The molecule has 0 atom stereocenters. The molecule has 32 heavy (non-hydrogen) atoms. The lowest BCUT2D eigenvalue weighted by atomic mass is 9.97. The van der Waals surface area contributed by atoms with Crippen molar-refractivity contribution in [1.82, 2.24) is 14.5 Å². The number of aromatic nitrogens is 3. The van der Waals surface area contributed by atoms with Crippen LogP contribution in [0, 0.1) is 5.92 Å². The first-order valence-corrected chi connectivity index (χ1v) is 11.1. The number of methoxy groups -OCH3 is 1. The molecule has 1 fully saturated rings. The fraction of sp³-hybridized carbons (Fsp3) is 0.360. The Bertz CT molecular complexity index is 1210. The topological polar surface area (TPSA) is 72.6 Å². The quantitative estimate of drug-likeness (QED) is 0.448. The number of aliphatic hydroxyl groups excluding tert-OH is 1. The van der Waals surface area contributed by atoms with E-state index < -0.39 is 0 Å². The van der Waals surface area contributed by atoms with Gasteiger partial charge in [-0.1, -0.05) is 12.1 Å². The number of aliphatic hydroxyl groups is 1. The Balaban J connectivity index is 1.47. The van der Waals surface area contributed by atoms with Crippen LogP contribution in [0.15, 0.2) is 54.9 Å². The van der Waals surface area contributed by atoms with Crippen LogP contribution < -0.4 is 9.64 Å². The second-order valence-electron chi connectivity index (χ2n) is 8.24. The largest absolute Gasteiger partial charge is 0.491 e. The molecule has 7 heteroatoms. The number of anilines is 1. The van der Waals surface area contributed by atoms with E-state index in [0.717, 1.165) is 65.1 Å². The molecule has 1 saturated heterocycles. The SMILES string of the molecule is COCCOc1ccc2c(c1)ncn2-c1ccc2cccc(N3CCC(CO)CC3)c2n1. The van der Waals surface area contributed by atoms with Crippen LogP contribution in [0.1, 0.15) is 12.8 Å². The second kappa shape index (κ2) is 9.14. The normalized spacial score (nSPS) is 15.0.